The highest BCUT2D eigenvalue weighted by molar-refractivity contribution is 7.45. The molecule has 1 atom stereocenters. The molecule has 0 saturated heterocycles. The lowest BCUT2D eigenvalue weighted by Gasteiger charge is -2.22. The summed E-state index contributed by atoms with van der Waals surface area (Å²) in [5.41, 5.74) is 0. The summed E-state index contributed by atoms with van der Waals surface area (Å²) in [6.45, 7) is 3.62. The standard InChI is InChI=1S/C23H50NO4P/c1-4-5-6-7-8-9-10-11-12-13-14-15-16-17-18-19-22-27-29(25,26)28-23-20-21-24(2)3/h4-23H2,1-3H3,(H,25,26). The van der Waals surface area contributed by atoms with Crippen LogP contribution in [0.2, 0.25) is 0 Å². The smallest absolute Gasteiger partial charge is 0.267 e. The van der Waals surface area contributed by atoms with Crippen LogP contribution >= 0.6 is 7.82 Å². The summed E-state index contributed by atoms with van der Waals surface area (Å²) in [6.07, 6.45) is 21.6. The minimum atomic E-state index is -4.10. The second-order valence-electron chi connectivity index (χ2n) is 8.73. The average molecular weight is 436 g/mol. The molecular formula is C23H50NO4P. The maximum absolute atomic E-state index is 11.6. The molecule has 1 N–H and O–H groups in total. The van der Waals surface area contributed by atoms with Gasteiger partial charge in [-0.2, -0.15) is 0 Å². The summed E-state index contributed by atoms with van der Waals surface area (Å²) in [6, 6.07) is 0. The fourth-order valence-corrected chi connectivity index (χ4v) is 4.25. The summed E-state index contributed by atoms with van der Waals surface area (Å²) in [5, 5.41) is 0. The van der Waals surface area contributed by atoms with E-state index in [9.17, 15) is 9.46 Å². The fraction of sp³-hybridized carbons (Fsp3) is 1.00. The van der Waals surface area contributed by atoms with Gasteiger partial charge in [0.05, 0.1) is 33.9 Å². The van der Waals surface area contributed by atoms with Crippen molar-refractivity contribution in [3.8, 4) is 0 Å². The molecule has 0 aromatic heterocycles. The van der Waals surface area contributed by atoms with Gasteiger partial charge in [0.15, 0.2) is 0 Å². The molecule has 0 aliphatic rings. The summed E-state index contributed by atoms with van der Waals surface area (Å²) in [5.74, 6) is 0. The van der Waals surface area contributed by atoms with Gasteiger partial charge in [0.2, 0.25) is 0 Å². The molecule has 0 rings (SSSR count). The first-order valence-electron chi connectivity index (χ1n) is 12.4. The molecule has 0 amide bonds. The van der Waals surface area contributed by atoms with E-state index in [0.717, 1.165) is 32.2 Å². The zero-order valence-electron chi connectivity index (χ0n) is 19.7. The Balaban J connectivity index is 3.24. The van der Waals surface area contributed by atoms with Gasteiger partial charge in [0, 0.05) is 6.42 Å². The lowest BCUT2D eigenvalue weighted by Crippen LogP contribution is -3.05. The van der Waals surface area contributed by atoms with E-state index in [1.165, 1.54) is 88.4 Å². The maximum atomic E-state index is 11.6. The topological polar surface area (TPSA) is 63.0 Å². The van der Waals surface area contributed by atoms with Crippen LogP contribution in [0, 0.1) is 0 Å². The number of phosphoric ester groups is 1. The van der Waals surface area contributed by atoms with Crippen molar-refractivity contribution in [2.45, 2.75) is 116 Å². The number of phosphoric acid groups is 1. The van der Waals surface area contributed by atoms with Crippen molar-refractivity contribution < 1.29 is 23.4 Å². The first kappa shape index (κ1) is 29.1. The van der Waals surface area contributed by atoms with Gasteiger partial charge in [-0.15, -0.1) is 0 Å². The van der Waals surface area contributed by atoms with Crippen molar-refractivity contribution in [2.24, 2.45) is 0 Å². The van der Waals surface area contributed by atoms with E-state index in [1.54, 1.807) is 0 Å². The van der Waals surface area contributed by atoms with E-state index >= 15 is 0 Å². The summed E-state index contributed by atoms with van der Waals surface area (Å²) >= 11 is 0. The minimum absolute atomic E-state index is 0.213. The Labute approximate surface area is 181 Å². The zero-order valence-corrected chi connectivity index (χ0v) is 20.6. The van der Waals surface area contributed by atoms with Crippen LogP contribution in [0.1, 0.15) is 116 Å². The van der Waals surface area contributed by atoms with Gasteiger partial charge in [-0.25, -0.2) is 0 Å². The second kappa shape index (κ2) is 21.3. The van der Waals surface area contributed by atoms with E-state index in [0.29, 0.717) is 0 Å². The van der Waals surface area contributed by atoms with E-state index < -0.39 is 7.82 Å². The summed E-state index contributed by atoms with van der Waals surface area (Å²) < 4.78 is 21.4. The van der Waals surface area contributed by atoms with Crippen molar-refractivity contribution >= 4 is 7.82 Å². The molecule has 0 aromatic carbocycles. The Hall–Kier alpha value is 0.0700. The molecule has 0 radical (unpaired) electrons. The van der Waals surface area contributed by atoms with E-state index in [4.69, 9.17) is 9.05 Å². The molecule has 0 aliphatic heterocycles. The minimum Gasteiger partial charge on any atom is -0.756 e. The molecule has 0 spiro atoms. The number of rotatable bonds is 23. The van der Waals surface area contributed by atoms with Crippen molar-refractivity contribution in [1.82, 2.24) is 0 Å². The fourth-order valence-electron chi connectivity index (χ4n) is 3.47. The number of hydrogen-bond donors (Lipinski definition) is 1. The van der Waals surface area contributed by atoms with Crippen LogP contribution in [-0.2, 0) is 13.6 Å². The maximum Gasteiger partial charge on any atom is 0.267 e. The molecule has 5 nitrogen and oxygen atoms in total. The third-order valence-electron chi connectivity index (χ3n) is 5.32. The molecule has 176 valence electrons. The SMILES string of the molecule is CCCCCCCCCCCCCCCCCCOP(=O)([O-])OCCC[NH+](C)C. The molecule has 0 heterocycles. The molecule has 1 unspecified atom stereocenters. The van der Waals surface area contributed by atoms with Crippen LogP contribution in [0.4, 0.5) is 0 Å². The van der Waals surface area contributed by atoms with Crippen molar-refractivity contribution in [1.29, 1.82) is 0 Å². The van der Waals surface area contributed by atoms with Crippen molar-refractivity contribution in [3.05, 3.63) is 0 Å². The van der Waals surface area contributed by atoms with Gasteiger partial charge in [-0.05, 0) is 6.42 Å². The van der Waals surface area contributed by atoms with Gasteiger partial charge in [-0.3, -0.25) is 4.57 Å². The number of nitrogens with one attached hydrogen (secondary N) is 1. The largest absolute Gasteiger partial charge is 0.756 e. The summed E-state index contributed by atoms with van der Waals surface area (Å²) in [7, 11) is -0.0369. The predicted molar refractivity (Wildman–Crippen MR) is 121 cm³/mol. The van der Waals surface area contributed by atoms with Crippen molar-refractivity contribution in [3.63, 3.8) is 0 Å². The molecular weight excluding hydrogens is 385 g/mol. The molecule has 0 bridgehead atoms. The third-order valence-corrected chi connectivity index (χ3v) is 6.32. The van der Waals surface area contributed by atoms with Gasteiger partial charge in [0.25, 0.3) is 7.82 Å². The molecule has 0 aromatic rings. The Morgan fingerprint density at radius 1 is 0.621 bits per heavy atom. The van der Waals surface area contributed by atoms with Gasteiger partial charge < -0.3 is 18.8 Å². The van der Waals surface area contributed by atoms with Crippen LogP contribution in [0.3, 0.4) is 0 Å². The lowest BCUT2D eigenvalue weighted by atomic mass is 10.0. The predicted octanol–water partition coefficient (Wildman–Crippen LogP) is 5.28. The molecule has 29 heavy (non-hydrogen) atoms. The Kier molecular flexibility index (Phi) is 21.4. The van der Waals surface area contributed by atoms with Crippen LogP contribution in [0.5, 0.6) is 0 Å². The number of quaternary nitrogens is 1. The van der Waals surface area contributed by atoms with E-state index in [2.05, 4.69) is 6.92 Å². The highest BCUT2D eigenvalue weighted by Crippen LogP contribution is 2.38. The molecule has 0 fully saturated rings. The highest BCUT2D eigenvalue weighted by Gasteiger charge is 2.09. The monoisotopic (exact) mass is 435 g/mol. The van der Waals surface area contributed by atoms with Crippen LogP contribution in [0.25, 0.3) is 0 Å². The quantitative estimate of drug-likeness (QED) is 0.175. The van der Waals surface area contributed by atoms with E-state index in [1.807, 2.05) is 14.1 Å². The number of hydrogen-bond acceptors (Lipinski definition) is 4. The average Bonchev–Trinajstić information content (AvgIpc) is 2.67. The summed E-state index contributed by atoms with van der Waals surface area (Å²) in [4.78, 5) is 12.9. The first-order valence-corrected chi connectivity index (χ1v) is 13.8. The Morgan fingerprint density at radius 2 is 0.966 bits per heavy atom. The zero-order chi connectivity index (χ0) is 21.6. The second-order valence-corrected chi connectivity index (χ2v) is 10.1. The Bertz CT molecular complexity index is 380. The van der Waals surface area contributed by atoms with Crippen LogP contribution in [-0.4, -0.2) is 33.9 Å². The van der Waals surface area contributed by atoms with Gasteiger partial charge >= 0.3 is 0 Å². The molecule has 0 saturated carbocycles. The van der Waals surface area contributed by atoms with E-state index in [-0.39, 0.29) is 13.2 Å². The van der Waals surface area contributed by atoms with Crippen LogP contribution in [0.15, 0.2) is 0 Å². The number of unbranched alkanes of at least 4 members (excludes halogenated alkanes) is 15. The van der Waals surface area contributed by atoms with Crippen molar-refractivity contribution in [2.75, 3.05) is 33.9 Å². The Morgan fingerprint density at radius 3 is 1.34 bits per heavy atom. The normalized spacial score (nSPS) is 13.8. The third kappa shape index (κ3) is 24.2. The van der Waals surface area contributed by atoms with Gasteiger partial charge in [-0.1, -0.05) is 103 Å². The lowest BCUT2D eigenvalue weighted by molar-refractivity contribution is -0.858. The van der Waals surface area contributed by atoms with Crippen LogP contribution < -0.4 is 9.79 Å². The molecule has 6 heteroatoms. The molecule has 0 aliphatic carbocycles. The van der Waals surface area contributed by atoms with Gasteiger partial charge in [0.1, 0.15) is 0 Å². The highest BCUT2D eigenvalue weighted by atomic mass is 31.2. The first-order chi connectivity index (χ1) is 14.0.